The van der Waals surface area contributed by atoms with Gasteiger partial charge in [-0.25, -0.2) is 9.97 Å². The third kappa shape index (κ3) is 3.86. The Balaban J connectivity index is 1.68. The highest BCUT2D eigenvalue weighted by molar-refractivity contribution is 7.15. The van der Waals surface area contributed by atoms with E-state index in [1.54, 1.807) is 29.7 Å². The van der Waals surface area contributed by atoms with E-state index < -0.39 is 0 Å². The Bertz CT molecular complexity index is 679. The molecule has 3 heterocycles. The fourth-order valence-electron chi connectivity index (χ4n) is 2.61. The van der Waals surface area contributed by atoms with E-state index in [-0.39, 0.29) is 5.91 Å². The minimum Gasteiger partial charge on any atom is -0.363 e. The zero-order chi connectivity index (χ0) is 16.2. The lowest BCUT2D eigenvalue weighted by atomic mass is 9.97. The fourth-order valence-corrected chi connectivity index (χ4v) is 3.59. The van der Waals surface area contributed by atoms with Crippen molar-refractivity contribution in [3.05, 3.63) is 35.0 Å². The van der Waals surface area contributed by atoms with Crippen LogP contribution in [0.1, 0.15) is 34.0 Å². The van der Waals surface area contributed by atoms with E-state index in [1.807, 2.05) is 25.2 Å². The molecule has 1 amide bonds. The zero-order valence-electron chi connectivity index (χ0n) is 13.4. The van der Waals surface area contributed by atoms with Gasteiger partial charge in [0.1, 0.15) is 5.82 Å². The van der Waals surface area contributed by atoms with E-state index in [9.17, 15) is 4.79 Å². The normalized spacial score (nSPS) is 15.4. The number of nitrogens with one attached hydrogen (secondary N) is 2. The second kappa shape index (κ2) is 7.06. The Morgan fingerprint density at radius 3 is 2.87 bits per heavy atom. The summed E-state index contributed by atoms with van der Waals surface area (Å²) in [5.74, 6) is 1.16. The number of rotatable bonds is 4. The number of aromatic nitrogens is 2. The highest BCUT2D eigenvalue weighted by Gasteiger charge is 2.18. The molecule has 0 atom stereocenters. The van der Waals surface area contributed by atoms with E-state index in [1.165, 1.54) is 4.88 Å². The van der Waals surface area contributed by atoms with E-state index in [0.29, 0.717) is 16.6 Å². The first-order chi connectivity index (χ1) is 11.1. The topological polar surface area (TPSA) is 70.2 Å². The second-order valence-electron chi connectivity index (χ2n) is 5.84. The number of nitrogens with zero attached hydrogens (tertiary/aromatic N) is 3. The van der Waals surface area contributed by atoms with Crippen LogP contribution in [0.5, 0.6) is 0 Å². The van der Waals surface area contributed by atoms with Gasteiger partial charge in [0.25, 0.3) is 5.91 Å². The first-order valence-electron chi connectivity index (χ1n) is 7.74. The van der Waals surface area contributed by atoms with Crippen LogP contribution < -0.4 is 15.5 Å². The Labute approximate surface area is 140 Å². The zero-order valence-corrected chi connectivity index (χ0v) is 14.2. The van der Waals surface area contributed by atoms with Crippen LogP contribution in [0.15, 0.2) is 24.5 Å². The molecule has 2 aromatic heterocycles. The molecule has 1 aliphatic heterocycles. The summed E-state index contributed by atoms with van der Waals surface area (Å²) in [6, 6.07) is 3.49. The number of thiazole rings is 1. The Kier molecular flexibility index (Phi) is 4.88. The molecule has 1 fully saturated rings. The monoisotopic (exact) mass is 331 g/mol. The molecule has 2 N–H and O–H groups in total. The first-order valence-corrected chi connectivity index (χ1v) is 8.56. The van der Waals surface area contributed by atoms with Crippen LogP contribution in [0, 0.1) is 0 Å². The maximum atomic E-state index is 12.4. The molecule has 0 radical (unpaired) electrons. The van der Waals surface area contributed by atoms with Gasteiger partial charge in [0, 0.05) is 36.9 Å². The van der Waals surface area contributed by atoms with Crippen molar-refractivity contribution >= 4 is 28.2 Å². The SMILES string of the molecule is CN(C)c1cc(C(=O)Nc2ncc(C3CCNCC3)s2)ccn1. The Morgan fingerprint density at radius 1 is 1.35 bits per heavy atom. The van der Waals surface area contributed by atoms with Gasteiger partial charge in [-0.15, -0.1) is 11.3 Å². The van der Waals surface area contributed by atoms with Gasteiger partial charge in [0.05, 0.1) is 0 Å². The molecule has 0 spiro atoms. The summed E-state index contributed by atoms with van der Waals surface area (Å²) in [6.07, 6.45) is 5.80. The number of hydrogen-bond donors (Lipinski definition) is 2. The molecule has 1 aliphatic rings. The molecule has 23 heavy (non-hydrogen) atoms. The highest BCUT2D eigenvalue weighted by Crippen LogP contribution is 2.31. The van der Waals surface area contributed by atoms with Crippen molar-refractivity contribution in [3.63, 3.8) is 0 Å². The molecule has 1 saturated heterocycles. The molecule has 0 saturated carbocycles. The average Bonchev–Trinajstić information content (AvgIpc) is 3.04. The lowest BCUT2D eigenvalue weighted by molar-refractivity contribution is 0.102. The predicted octanol–water partition coefficient (Wildman–Crippen LogP) is 2.32. The molecule has 0 aliphatic carbocycles. The molecule has 2 aromatic rings. The lowest BCUT2D eigenvalue weighted by Gasteiger charge is -2.20. The number of piperidine rings is 1. The third-order valence-electron chi connectivity index (χ3n) is 3.95. The molecule has 3 rings (SSSR count). The van der Waals surface area contributed by atoms with Crippen molar-refractivity contribution < 1.29 is 4.79 Å². The number of amides is 1. The third-order valence-corrected chi connectivity index (χ3v) is 5.03. The van der Waals surface area contributed by atoms with Crippen molar-refractivity contribution in [1.82, 2.24) is 15.3 Å². The molecular formula is C16H21N5OS. The first kappa shape index (κ1) is 15.9. The molecule has 7 heteroatoms. The average molecular weight is 331 g/mol. The fraction of sp³-hybridized carbons (Fsp3) is 0.438. The van der Waals surface area contributed by atoms with Gasteiger partial charge in [0.15, 0.2) is 5.13 Å². The number of pyridine rings is 1. The Morgan fingerprint density at radius 2 is 2.13 bits per heavy atom. The van der Waals surface area contributed by atoms with Crippen LogP contribution in [0.25, 0.3) is 0 Å². The lowest BCUT2D eigenvalue weighted by Crippen LogP contribution is -2.26. The number of anilines is 2. The number of hydrogen-bond acceptors (Lipinski definition) is 6. The summed E-state index contributed by atoms with van der Waals surface area (Å²) < 4.78 is 0. The smallest absolute Gasteiger partial charge is 0.257 e. The molecular weight excluding hydrogens is 310 g/mol. The second-order valence-corrected chi connectivity index (χ2v) is 6.91. The maximum Gasteiger partial charge on any atom is 0.257 e. The summed E-state index contributed by atoms with van der Waals surface area (Å²) in [5, 5.41) is 6.91. The summed E-state index contributed by atoms with van der Waals surface area (Å²) in [4.78, 5) is 24.1. The van der Waals surface area contributed by atoms with Crippen molar-refractivity contribution in [1.29, 1.82) is 0 Å². The van der Waals surface area contributed by atoms with Crippen LogP contribution in [0.3, 0.4) is 0 Å². The number of carbonyl (C=O) groups is 1. The van der Waals surface area contributed by atoms with Crippen molar-refractivity contribution in [3.8, 4) is 0 Å². The van der Waals surface area contributed by atoms with Crippen molar-refractivity contribution in [2.75, 3.05) is 37.4 Å². The van der Waals surface area contributed by atoms with E-state index >= 15 is 0 Å². The minimum atomic E-state index is -0.151. The molecule has 122 valence electrons. The van der Waals surface area contributed by atoms with E-state index in [0.717, 1.165) is 31.7 Å². The van der Waals surface area contributed by atoms with Gasteiger partial charge in [-0.3, -0.25) is 10.1 Å². The van der Waals surface area contributed by atoms with Crippen LogP contribution in [0.2, 0.25) is 0 Å². The molecule has 0 aromatic carbocycles. The van der Waals surface area contributed by atoms with Crippen LogP contribution in [0.4, 0.5) is 10.9 Å². The van der Waals surface area contributed by atoms with Crippen LogP contribution in [-0.2, 0) is 0 Å². The highest BCUT2D eigenvalue weighted by atomic mass is 32.1. The quantitative estimate of drug-likeness (QED) is 0.900. The van der Waals surface area contributed by atoms with Gasteiger partial charge < -0.3 is 10.2 Å². The van der Waals surface area contributed by atoms with Gasteiger partial charge in [-0.05, 0) is 44.0 Å². The van der Waals surface area contributed by atoms with Gasteiger partial charge in [-0.1, -0.05) is 0 Å². The largest absolute Gasteiger partial charge is 0.363 e. The summed E-state index contributed by atoms with van der Waals surface area (Å²) in [5.41, 5.74) is 0.585. The van der Waals surface area contributed by atoms with Gasteiger partial charge >= 0.3 is 0 Å². The van der Waals surface area contributed by atoms with E-state index in [4.69, 9.17) is 0 Å². The molecule has 0 bridgehead atoms. The predicted molar refractivity (Wildman–Crippen MR) is 93.5 cm³/mol. The summed E-state index contributed by atoms with van der Waals surface area (Å²) >= 11 is 1.58. The standard InChI is InChI=1S/C16H21N5OS/c1-21(2)14-9-12(5-8-18-14)15(22)20-16-19-10-13(23-16)11-3-6-17-7-4-11/h5,8-11,17H,3-4,6-7H2,1-2H3,(H,19,20,22). The molecule has 6 nitrogen and oxygen atoms in total. The summed E-state index contributed by atoms with van der Waals surface area (Å²) in [7, 11) is 3.80. The van der Waals surface area contributed by atoms with Gasteiger partial charge in [0.2, 0.25) is 0 Å². The molecule has 0 unspecified atom stereocenters. The van der Waals surface area contributed by atoms with E-state index in [2.05, 4.69) is 20.6 Å². The Hall–Kier alpha value is -1.99. The minimum absolute atomic E-state index is 0.151. The van der Waals surface area contributed by atoms with Gasteiger partial charge in [-0.2, -0.15) is 0 Å². The van der Waals surface area contributed by atoms with Crippen molar-refractivity contribution in [2.45, 2.75) is 18.8 Å². The van der Waals surface area contributed by atoms with Crippen LogP contribution >= 0.6 is 11.3 Å². The maximum absolute atomic E-state index is 12.4. The van der Waals surface area contributed by atoms with Crippen molar-refractivity contribution in [2.24, 2.45) is 0 Å². The summed E-state index contributed by atoms with van der Waals surface area (Å²) in [6.45, 7) is 2.10. The van der Waals surface area contributed by atoms with Crippen LogP contribution in [-0.4, -0.2) is 43.1 Å². The number of carbonyl (C=O) groups excluding carboxylic acids is 1.